The second kappa shape index (κ2) is 8.98. The van der Waals surface area contributed by atoms with Crippen LogP contribution < -0.4 is 9.47 Å². The number of imidazole rings is 1. The van der Waals surface area contributed by atoms with Crippen molar-refractivity contribution in [1.82, 2.24) is 19.4 Å². The zero-order valence-electron chi connectivity index (χ0n) is 17.3. The molecule has 0 saturated carbocycles. The van der Waals surface area contributed by atoms with Crippen molar-refractivity contribution >= 4 is 5.91 Å². The highest BCUT2D eigenvalue weighted by atomic mass is 16.5. The van der Waals surface area contributed by atoms with Crippen LogP contribution in [0, 0.1) is 6.92 Å². The maximum absolute atomic E-state index is 12.9. The van der Waals surface area contributed by atoms with Crippen molar-refractivity contribution in [2.75, 3.05) is 20.3 Å². The van der Waals surface area contributed by atoms with E-state index < -0.39 is 0 Å². The van der Waals surface area contributed by atoms with Gasteiger partial charge in [0.15, 0.2) is 6.61 Å². The number of aromatic nitrogens is 3. The zero-order chi connectivity index (χ0) is 20.9. The first-order valence-corrected chi connectivity index (χ1v) is 10.1. The second-order valence-corrected chi connectivity index (χ2v) is 7.41. The molecule has 30 heavy (non-hydrogen) atoms. The van der Waals surface area contributed by atoms with Crippen molar-refractivity contribution in [2.45, 2.75) is 32.4 Å². The van der Waals surface area contributed by atoms with E-state index in [-0.39, 0.29) is 18.6 Å². The van der Waals surface area contributed by atoms with E-state index in [4.69, 9.17) is 9.47 Å². The third-order valence-corrected chi connectivity index (χ3v) is 5.47. The van der Waals surface area contributed by atoms with Gasteiger partial charge in [0.2, 0.25) is 0 Å². The zero-order valence-corrected chi connectivity index (χ0v) is 17.3. The molecule has 0 spiro atoms. The molecule has 156 valence electrons. The number of hydrogen-bond acceptors (Lipinski definition) is 5. The van der Waals surface area contributed by atoms with E-state index in [1.54, 1.807) is 31.6 Å². The Bertz CT molecular complexity index is 985. The fraction of sp³-hybridized carbons (Fsp3) is 0.348. The summed E-state index contributed by atoms with van der Waals surface area (Å²) in [5.41, 5.74) is 2.24. The Balaban J connectivity index is 1.46. The summed E-state index contributed by atoms with van der Waals surface area (Å²) in [4.78, 5) is 23.6. The van der Waals surface area contributed by atoms with E-state index in [2.05, 4.69) is 14.5 Å². The van der Waals surface area contributed by atoms with Crippen LogP contribution in [0.2, 0.25) is 0 Å². The average Bonchev–Trinajstić information content (AvgIpc) is 3.40. The van der Waals surface area contributed by atoms with Crippen LogP contribution in [0.1, 0.15) is 36.0 Å². The lowest BCUT2D eigenvalue weighted by Crippen LogP contribution is -2.35. The van der Waals surface area contributed by atoms with Crippen LogP contribution in [0.25, 0.3) is 0 Å². The van der Waals surface area contributed by atoms with Gasteiger partial charge in [-0.15, -0.1) is 0 Å². The predicted molar refractivity (Wildman–Crippen MR) is 112 cm³/mol. The molecule has 3 heterocycles. The molecular formula is C23H26N4O3. The van der Waals surface area contributed by atoms with Gasteiger partial charge in [-0.05, 0) is 61.7 Å². The molecule has 1 atom stereocenters. The third kappa shape index (κ3) is 4.30. The smallest absolute Gasteiger partial charge is 0.261 e. The molecule has 1 aliphatic heterocycles. The SMILES string of the molecule is COc1ccc(OCC(=O)N2CCCC2c2ncc(C)n2Cc2ccncc2)cc1. The number of likely N-dealkylation sites (tertiary alicyclic amines) is 1. The van der Waals surface area contributed by atoms with Crippen LogP contribution in [0.5, 0.6) is 11.5 Å². The van der Waals surface area contributed by atoms with Crippen LogP contribution >= 0.6 is 0 Å². The van der Waals surface area contributed by atoms with Gasteiger partial charge in [0.25, 0.3) is 5.91 Å². The number of aryl methyl sites for hydroxylation is 1. The number of carbonyl (C=O) groups excluding carboxylic acids is 1. The number of benzene rings is 1. The highest BCUT2D eigenvalue weighted by Crippen LogP contribution is 2.32. The van der Waals surface area contributed by atoms with E-state index in [0.29, 0.717) is 12.3 Å². The summed E-state index contributed by atoms with van der Waals surface area (Å²) in [7, 11) is 1.62. The first-order chi connectivity index (χ1) is 14.7. The first kappa shape index (κ1) is 19.9. The summed E-state index contributed by atoms with van der Waals surface area (Å²) in [5.74, 6) is 2.31. The van der Waals surface area contributed by atoms with Crippen molar-refractivity contribution in [3.8, 4) is 11.5 Å². The van der Waals surface area contributed by atoms with Crippen molar-refractivity contribution in [1.29, 1.82) is 0 Å². The highest BCUT2D eigenvalue weighted by molar-refractivity contribution is 5.78. The molecule has 2 aromatic heterocycles. The topological polar surface area (TPSA) is 69.5 Å². The molecule has 7 nitrogen and oxygen atoms in total. The van der Waals surface area contributed by atoms with Gasteiger partial charge in [-0.25, -0.2) is 4.98 Å². The Hall–Kier alpha value is -3.35. The minimum Gasteiger partial charge on any atom is -0.497 e. The standard InChI is InChI=1S/C23H26N4O3/c1-17-14-25-23(27(17)15-18-9-11-24-12-10-18)21-4-3-13-26(21)22(28)16-30-20-7-5-19(29-2)6-8-20/h5-12,14,21H,3-4,13,15-16H2,1-2H3. The number of methoxy groups -OCH3 is 1. The van der Waals surface area contributed by atoms with Gasteiger partial charge in [0.1, 0.15) is 17.3 Å². The fourth-order valence-electron chi connectivity index (χ4n) is 3.86. The van der Waals surface area contributed by atoms with E-state index >= 15 is 0 Å². The van der Waals surface area contributed by atoms with E-state index in [0.717, 1.165) is 42.2 Å². The van der Waals surface area contributed by atoms with Gasteiger partial charge < -0.3 is 18.9 Å². The minimum atomic E-state index is -0.0347. The maximum atomic E-state index is 12.9. The Morgan fingerprint density at radius 3 is 2.60 bits per heavy atom. The predicted octanol–water partition coefficient (Wildman–Crippen LogP) is 3.39. The first-order valence-electron chi connectivity index (χ1n) is 10.1. The van der Waals surface area contributed by atoms with Crippen molar-refractivity contribution in [3.63, 3.8) is 0 Å². The number of pyridine rings is 1. The molecular weight excluding hydrogens is 380 g/mol. The van der Waals surface area contributed by atoms with E-state index in [1.807, 2.05) is 42.3 Å². The molecule has 1 fully saturated rings. The fourth-order valence-corrected chi connectivity index (χ4v) is 3.86. The van der Waals surface area contributed by atoms with Gasteiger partial charge in [0.05, 0.1) is 13.2 Å². The molecule has 0 bridgehead atoms. The number of hydrogen-bond donors (Lipinski definition) is 0. The molecule has 0 aliphatic carbocycles. The van der Waals surface area contributed by atoms with Gasteiger partial charge >= 0.3 is 0 Å². The average molecular weight is 406 g/mol. The Morgan fingerprint density at radius 2 is 1.87 bits per heavy atom. The molecule has 4 rings (SSSR count). The maximum Gasteiger partial charge on any atom is 0.261 e. The van der Waals surface area contributed by atoms with Gasteiger partial charge in [-0.3, -0.25) is 9.78 Å². The van der Waals surface area contributed by atoms with Crippen LogP contribution in [0.3, 0.4) is 0 Å². The second-order valence-electron chi connectivity index (χ2n) is 7.41. The number of carbonyl (C=O) groups is 1. The molecule has 1 saturated heterocycles. The van der Waals surface area contributed by atoms with Crippen molar-refractivity contribution in [3.05, 3.63) is 72.1 Å². The quantitative estimate of drug-likeness (QED) is 0.602. The van der Waals surface area contributed by atoms with Gasteiger partial charge in [-0.2, -0.15) is 0 Å². The molecule has 0 N–H and O–H groups in total. The summed E-state index contributed by atoms with van der Waals surface area (Å²) < 4.78 is 13.1. The molecule has 1 aliphatic rings. The van der Waals surface area contributed by atoms with Crippen molar-refractivity contribution < 1.29 is 14.3 Å². The number of ether oxygens (including phenoxy) is 2. The van der Waals surface area contributed by atoms with Gasteiger partial charge in [-0.1, -0.05) is 0 Å². The molecule has 1 aromatic carbocycles. The molecule has 3 aromatic rings. The summed E-state index contributed by atoms with van der Waals surface area (Å²) in [6.07, 6.45) is 7.33. The van der Waals surface area contributed by atoms with Crippen molar-refractivity contribution in [2.24, 2.45) is 0 Å². The number of amides is 1. The summed E-state index contributed by atoms with van der Waals surface area (Å²) >= 11 is 0. The highest BCUT2D eigenvalue weighted by Gasteiger charge is 2.33. The van der Waals surface area contributed by atoms with Crippen LogP contribution in [0.15, 0.2) is 55.0 Å². The van der Waals surface area contributed by atoms with Crippen LogP contribution in [0.4, 0.5) is 0 Å². The monoisotopic (exact) mass is 406 g/mol. The summed E-state index contributed by atoms with van der Waals surface area (Å²) in [5, 5.41) is 0. The van der Waals surface area contributed by atoms with Crippen LogP contribution in [-0.2, 0) is 11.3 Å². The Labute approximate surface area is 176 Å². The lowest BCUT2D eigenvalue weighted by molar-refractivity contribution is -0.134. The van der Waals surface area contributed by atoms with Crippen LogP contribution in [-0.4, -0.2) is 45.6 Å². The minimum absolute atomic E-state index is 0.00682. The van der Waals surface area contributed by atoms with Gasteiger partial charge in [0, 0.05) is 37.4 Å². The van der Waals surface area contributed by atoms with E-state index in [9.17, 15) is 4.79 Å². The largest absolute Gasteiger partial charge is 0.497 e. The lowest BCUT2D eigenvalue weighted by atomic mass is 10.2. The Kier molecular flexibility index (Phi) is 5.97. The molecule has 7 heteroatoms. The third-order valence-electron chi connectivity index (χ3n) is 5.47. The number of rotatable bonds is 7. The number of nitrogens with zero attached hydrogens (tertiary/aromatic N) is 4. The normalized spacial score (nSPS) is 15.9. The summed E-state index contributed by atoms with van der Waals surface area (Å²) in [6, 6.07) is 11.2. The summed E-state index contributed by atoms with van der Waals surface area (Å²) in [6.45, 7) is 3.49. The molecule has 1 unspecified atom stereocenters. The Morgan fingerprint density at radius 1 is 1.13 bits per heavy atom. The molecule has 0 radical (unpaired) electrons. The molecule has 1 amide bonds. The lowest BCUT2D eigenvalue weighted by Gasteiger charge is -2.25. The van der Waals surface area contributed by atoms with E-state index in [1.165, 1.54) is 0 Å².